The summed E-state index contributed by atoms with van der Waals surface area (Å²) in [5.74, 6) is 2.29. The van der Waals surface area contributed by atoms with Gasteiger partial charge in [-0.25, -0.2) is 9.97 Å². The highest BCUT2D eigenvalue weighted by atomic mass is 16.1. The first kappa shape index (κ1) is 20.8. The monoisotopic (exact) mass is 439 g/mol. The summed E-state index contributed by atoms with van der Waals surface area (Å²) in [6, 6.07) is 17.0. The number of hydrogen-bond donors (Lipinski definition) is 2. The highest BCUT2D eigenvalue weighted by Gasteiger charge is 2.23. The Morgan fingerprint density at radius 1 is 1.06 bits per heavy atom. The second-order valence-corrected chi connectivity index (χ2v) is 8.47. The molecule has 1 amide bonds. The van der Waals surface area contributed by atoms with Crippen molar-refractivity contribution < 1.29 is 4.79 Å². The molecule has 0 saturated heterocycles. The van der Waals surface area contributed by atoms with Crippen LogP contribution < -0.4 is 10.6 Å². The SMILES string of the molecule is CC(C)n1cnnc1-c1cccc(NC(=O)c2cccc(Nc3ccc(C4CC4)cn3)c2)n1. The summed E-state index contributed by atoms with van der Waals surface area (Å²) in [5, 5.41) is 14.3. The van der Waals surface area contributed by atoms with Gasteiger partial charge in [0.1, 0.15) is 23.7 Å². The molecule has 1 saturated carbocycles. The number of hydrogen-bond acceptors (Lipinski definition) is 6. The third-order valence-electron chi connectivity index (χ3n) is 5.58. The Morgan fingerprint density at radius 3 is 2.67 bits per heavy atom. The Hall–Kier alpha value is -4.07. The minimum Gasteiger partial charge on any atom is -0.340 e. The minimum atomic E-state index is -0.245. The van der Waals surface area contributed by atoms with E-state index in [4.69, 9.17) is 0 Å². The second kappa shape index (κ2) is 8.82. The molecule has 8 nitrogen and oxygen atoms in total. The van der Waals surface area contributed by atoms with Crippen LogP contribution >= 0.6 is 0 Å². The zero-order chi connectivity index (χ0) is 22.8. The van der Waals surface area contributed by atoms with Crippen molar-refractivity contribution in [1.82, 2.24) is 24.7 Å². The van der Waals surface area contributed by atoms with Crippen molar-refractivity contribution in [3.8, 4) is 11.5 Å². The van der Waals surface area contributed by atoms with Crippen molar-refractivity contribution in [2.24, 2.45) is 0 Å². The molecule has 33 heavy (non-hydrogen) atoms. The first-order chi connectivity index (χ1) is 16.1. The van der Waals surface area contributed by atoms with Gasteiger partial charge < -0.3 is 15.2 Å². The number of benzene rings is 1. The average molecular weight is 440 g/mol. The predicted octanol–water partition coefficient (Wildman–Crippen LogP) is 5.19. The quantitative estimate of drug-likeness (QED) is 0.411. The Labute approximate surface area is 192 Å². The van der Waals surface area contributed by atoms with Gasteiger partial charge in [0, 0.05) is 23.5 Å². The highest BCUT2D eigenvalue weighted by Crippen LogP contribution is 2.39. The third-order valence-corrected chi connectivity index (χ3v) is 5.58. The van der Waals surface area contributed by atoms with Crippen LogP contribution in [0, 0.1) is 0 Å². The fourth-order valence-corrected chi connectivity index (χ4v) is 3.64. The molecule has 3 aromatic heterocycles. The van der Waals surface area contributed by atoms with E-state index in [1.807, 2.05) is 41.1 Å². The van der Waals surface area contributed by atoms with Crippen molar-refractivity contribution >= 4 is 23.2 Å². The lowest BCUT2D eigenvalue weighted by atomic mass is 10.1. The van der Waals surface area contributed by atoms with Crippen LogP contribution in [-0.4, -0.2) is 30.6 Å². The smallest absolute Gasteiger partial charge is 0.256 e. The summed E-state index contributed by atoms with van der Waals surface area (Å²) in [4.78, 5) is 21.9. The molecule has 1 aliphatic carbocycles. The molecule has 0 radical (unpaired) electrons. The molecule has 4 aromatic rings. The van der Waals surface area contributed by atoms with Crippen molar-refractivity contribution in [3.05, 3.63) is 78.2 Å². The van der Waals surface area contributed by atoms with Gasteiger partial charge in [-0.15, -0.1) is 10.2 Å². The molecule has 0 unspecified atom stereocenters. The molecule has 1 aliphatic rings. The van der Waals surface area contributed by atoms with Gasteiger partial charge in [0.2, 0.25) is 0 Å². The lowest BCUT2D eigenvalue weighted by Gasteiger charge is -2.11. The number of amides is 1. The van der Waals surface area contributed by atoms with E-state index >= 15 is 0 Å². The minimum absolute atomic E-state index is 0.199. The molecule has 0 atom stereocenters. The van der Waals surface area contributed by atoms with Crippen LogP contribution in [0.4, 0.5) is 17.3 Å². The fraction of sp³-hybridized carbons (Fsp3) is 0.240. The summed E-state index contributed by atoms with van der Waals surface area (Å²) in [6.07, 6.45) is 6.11. The maximum atomic E-state index is 12.9. The van der Waals surface area contributed by atoms with Crippen LogP contribution in [-0.2, 0) is 0 Å². The van der Waals surface area contributed by atoms with E-state index in [-0.39, 0.29) is 11.9 Å². The lowest BCUT2D eigenvalue weighted by molar-refractivity contribution is 0.102. The molecule has 1 fully saturated rings. The van der Waals surface area contributed by atoms with Gasteiger partial charge in [-0.05, 0) is 74.6 Å². The maximum absolute atomic E-state index is 12.9. The fourth-order valence-electron chi connectivity index (χ4n) is 3.64. The number of anilines is 3. The summed E-state index contributed by atoms with van der Waals surface area (Å²) in [5.41, 5.74) is 3.25. The Bertz CT molecular complexity index is 1280. The van der Waals surface area contributed by atoms with Crippen LogP contribution in [0.3, 0.4) is 0 Å². The molecule has 2 N–H and O–H groups in total. The first-order valence-corrected chi connectivity index (χ1v) is 11.1. The molecular formula is C25H25N7O. The van der Waals surface area contributed by atoms with Gasteiger partial charge in [0.05, 0.1) is 0 Å². The summed E-state index contributed by atoms with van der Waals surface area (Å²) >= 11 is 0. The topological polar surface area (TPSA) is 97.6 Å². The summed E-state index contributed by atoms with van der Waals surface area (Å²) in [6.45, 7) is 4.10. The van der Waals surface area contributed by atoms with Crippen LogP contribution in [0.2, 0.25) is 0 Å². The predicted molar refractivity (Wildman–Crippen MR) is 128 cm³/mol. The molecule has 8 heteroatoms. The number of rotatable bonds is 7. The van der Waals surface area contributed by atoms with Crippen molar-refractivity contribution in [1.29, 1.82) is 0 Å². The van der Waals surface area contributed by atoms with E-state index < -0.39 is 0 Å². The Balaban J connectivity index is 1.29. The molecule has 0 spiro atoms. The highest BCUT2D eigenvalue weighted by molar-refractivity contribution is 6.04. The third kappa shape index (κ3) is 4.74. The zero-order valence-electron chi connectivity index (χ0n) is 18.6. The van der Waals surface area contributed by atoms with E-state index in [2.05, 4.69) is 50.7 Å². The van der Waals surface area contributed by atoms with E-state index in [1.165, 1.54) is 18.4 Å². The number of carbonyl (C=O) groups excluding carboxylic acids is 1. The summed E-state index contributed by atoms with van der Waals surface area (Å²) < 4.78 is 1.94. The van der Waals surface area contributed by atoms with E-state index in [1.54, 1.807) is 24.5 Å². The van der Waals surface area contributed by atoms with E-state index in [0.717, 1.165) is 11.5 Å². The number of pyridine rings is 2. The van der Waals surface area contributed by atoms with Gasteiger partial charge in [0.25, 0.3) is 5.91 Å². The van der Waals surface area contributed by atoms with E-state index in [0.29, 0.717) is 28.8 Å². The number of carbonyl (C=O) groups is 1. The zero-order valence-corrected chi connectivity index (χ0v) is 18.6. The molecule has 5 rings (SSSR count). The molecule has 0 aliphatic heterocycles. The number of aromatic nitrogens is 5. The van der Waals surface area contributed by atoms with Crippen LogP contribution in [0.5, 0.6) is 0 Å². The maximum Gasteiger partial charge on any atom is 0.256 e. The van der Waals surface area contributed by atoms with Gasteiger partial charge in [-0.1, -0.05) is 18.2 Å². The molecule has 0 bridgehead atoms. The van der Waals surface area contributed by atoms with Gasteiger partial charge >= 0.3 is 0 Å². The van der Waals surface area contributed by atoms with Crippen LogP contribution in [0.1, 0.15) is 54.6 Å². The van der Waals surface area contributed by atoms with Gasteiger partial charge in [-0.2, -0.15) is 0 Å². The Kier molecular flexibility index (Phi) is 5.56. The first-order valence-electron chi connectivity index (χ1n) is 11.1. The molecular weight excluding hydrogens is 414 g/mol. The van der Waals surface area contributed by atoms with Crippen molar-refractivity contribution in [3.63, 3.8) is 0 Å². The van der Waals surface area contributed by atoms with Crippen molar-refractivity contribution in [2.45, 2.75) is 38.6 Å². The number of nitrogens with one attached hydrogen (secondary N) is 2. The normalized spacial score (nSPS) is 13.2. The molecule has 1 aromatic carbocycles. The Morgan fingerprint density at radius 2 is 1.91 bits per heavy atom. The largest absolute Gasteiger partial charge is 0.340 e. The lowest BCUT2D eigenvalue weighted by Crippen LogP contribution is -2.13. The standard InChI is InChI=1S/C25H25N7O/c1-16(2)32-15-27-31-24(32)21-7-4-8-23(29-21)30-25(33)18-5-3-6-20(13-18)28-22-12-11-19(14-26-22)17-9-10-17/h3-8,11-17H,9-10H2,1-2H3,(H,26,28)(H,29,30,33). The van der Waals surface area contributed by atoms with Crippen LogP contribution in [0.15, 0.2) is 67.1 Å². The second-order valence-electron chi connectivity index (χ2n) is 8.47. The average Bonchev–Trinajstić information content (AvgIpc) is 3.55. The van der Waals surface area contributed by atoms with Gasteiger partial charge in [-0.3, -0.25) is 4.79 Å². The molecule has 166 valence electrons. The molecule has 3 heterocycles. The number of nitrogens with zero attached hydrogens (tertiary/aromatic N) is 5. The van der Waals surface area contributed by atoms with Gasteiger partial charge in [0.15, 0.2) is 5.82 Å². The van der Waals surface area contributed by atoms with Crippen molar-refractivity contribution in [2.75, 3.05) is 10.6 Å². The van der Waals surface area contributed by atoms with Crippen LogP contribution in [0.25, 0.3) is 11.5 Å². The summed E-state index contributed by atoms with van der Waals surface area (Å²) in [7, 11) is 0. The van der Waals surface area contributed by atoms with E-state index in [9.17, 15) is 4.79 Å².